The van der Waals surface area contributed by atoms with Crippen LogP contribution in [0.3, 0.4) is 0 Å². The van der Waals surface area contributed by atoms with Crippen LogP contribution in [0.2, 0.25) is 5.02 Å². The Bertz CT molecular complexity index is 958. The summed E-state index contributed by atoms with van der Waals surface area (Å²) in [6.07, 6.45) is 1.67. The van der Waals surface area contributed by atoms with E-state index < -0.39 is 11.8 Å². The Balaban J connectivity index is 2.00. The van der Waals surface area contributed by atoms with Crippen LogP contribution in [-0.4, -0.2) is 27.8 Å². The average molecular weight is 375 g/mol. The van der Waals surface area contributed by atoms with E-state index in [0.717, 1.165) is 11.4 Å². The van der Waals surface area contributed by atoms with E-state index in [4.69, 9.17) is 16.3 Å². The van der Waals surface area contributed by atoms with Gasteiger partial charge in [-0.05, 0) is 31.2 Å². The molecule has 2 aromatic heterocycles. The van der Waals surface area contributed by atoms with E-state index >= 15 is 0 Å². The van der Waals surface area contributed by atoms with E-state index in [-0.39, 0.29) is 17.1 Å². The minimum absolute atomic E-state index is 0.00831. The highest BCUT2D eigenvalue weighted by atomic mass is 35.5. The smallest absolute Gasteiger partial charge is 0.311 e. The van der Waals surface area contributed by atoms with Crippen LogP contribution in [-0.2, 0) is 16.0 Å². The van der Waals surface area contributed by atoms with Gasteiger partial charge in [-0.3, -0.25) is 9.78 Å². The first-order chi connectivity index (χ1) is 12.5. The number of benzene rings is 1. The minimum Gasteiger partial charge on any atom is -0.469 e. The molecule has 3 aromatic rings. The number of nitrogens with one attached hydrogen (secondary N) is 1. The fourth-order valence-electron chi connectivity index (χ4n) is 2.45. The Kier molecular flexibility index (Phi) is 5.18. The van der Waals surface area contributed by atoms with Crippen LogP contribution in [0, 0.1) is 12.7 Å². The van der Waals surface area contributed by atoms with E-state index in [1.807, 2.05) is 13.0 Å². The fourth-order valence-corrected chi connectivity index (χ4v) is 2.63. The number of hydrogen-bond acceptors (Lipinski definition) is 5. The van der Waals surface area contributed by atoms with Crippen molar-refractivity contribution in [1.82, 2.24) is 14.8 Å². The molecule has 1 N–H and O–H groups in total. The summed E-state index contributed by atoms with van der Waals surface area (Å²) >= 11 is 5.81. The number of aryl methyl sites for hydroxylation is 1. The quantitative estimate of drug-likeness (QED) is 0.687. The zero-order valence-electron chi connectivity index (χ0n) is 14.2. The number of anilines is 2. The van der Waals surface area contributed by atoms with E-state index in [0.29, 0.717) is 11.5 Å². The molecule has 134 valence electrons. The van der Waals surface area contributed by atoms with Crippen LogP contribution in [0.1, 0.15) is 11.4 Å². The third-order valence-corrected chi connectivity index (χ3v) is 3.97. The Hall–Kier alpha value is -2.93. The number of esters is 1. The molecule has 3 rings (SSSR count). The molecule has 0 saturated carbocycles. The van der Waals surface area contributed by atoms with Crippen LogP contribution in [0.15, 0.2) is 42.6 Å². The number of pyridine rings is 1. The SMILES string of the molecule is COC(=O)Cc1cc(Nc2cccc(Cl)c2F)nn1-c1ccnc(C)c1. The second kappa shape index (κ2) is 7.53. The molecule has 0 aliphatic carbocycles. The maximum atomic E-state index is 14.1. The van der Waals surface area contributed by atoms with E-state index in [9.17, 15) is 9.18 Å². The molecule has 6 nitrogen and oxygen atoms in total. The second-order valence-electron chi connectivity index (χ2n) is 5.57. The Labute approximate surface area is 154 Å². The van der Waals surface area contributed by atoms with Gasteiger partial charge in [-0.1, -0.05) is 17.7 Å². The maximum Gasteiger partial charge on any atom is 0.311 e. The fraction of sp³-hybridized carbons (Fsp3) is 0.167. The maximum absolute atomic E-state index is 14.1. The number of carbonyl (C=O) groups is 1. The molecule has 8 heteroatoms. The van der Waals surface area contributed by atoms with E-state index in [1.165, 1.54) is 13.2 Å². The van der Waals surface area contributed by atoms with Crippen molar-refractivity contribution in [1.29, 1.82) is 0 Å². The van der Waals surface area contributed by atoms with Gasteiger partial charge in [0, 0.05) is 18.0 Å². The summed E-state index contributed by atoms with van der Waals surface area (Å²) in [4.78, 5) is 15.9. The summed E-state index contributed by atoms with van der Waals surface area (Å²) in [6, 6.07) is 9.90. The van der Waals surface area contributed by atoms with Crippen LogP contribution < -0.4 is 5.32 Å². The van der Waals surface area contributed by atoms with Crippen LogP contribution in [0.5, 0.6) is 0 Å². The Morgan fingerprint density at radius 1 is 1.35 bits per heavy atom. The summed E-state index contributed by atoms with van der Waals surface area (Å²) in [5.41, 5.74) is 2.32. The van der Waals surface area contributed by atoms with Crippen molar-refractivity contribution in [2.24, 2.45) is 0 Å². The molecular weight excluding hydrogens is 359 g/mol. The van der Waals surface area contributed by atoms with Crippen LogP contribution in [0.4, 0.5) is 15.9 Å². The molecular formula is C18H16ClFN4O2. The predicted octanol–water partition coefficient (Wildman–Crippen LogP) is 3.83. The van der Waals surface area contributed by atoms with Crippen molar-refractivity contribution in [2.45, 2.75) is 13.3 Å². The van der Waals surface area contributed by atoms with Crippen molar-refractivity contribution in [2.75, 3.05) is 12.4 Å². The Morgan fingerprint density at radius 2 is 2.15 bits per heavy atom. The molecule has 0 unspecified atom stereocenters. The summed E-state index contributed by atoms with van der Waals surface area (Å²) in [6.45, 7) is 1.85. The molecule has 0 aliphatic heterocycles. The molecule has 0 radical (unpaired) electrons. The number of ether oxygens (including phenoxy) is 1. The van der Waals surface area contributed by atoms with Gasteiger partial charge in [-0.15, -0.1) is 5.10 Å². The van der Waals surface area contributed by atoms with E-state index in [1.54, 1.807) is 35.1 Å². The molecule has 0 amide bonds. The monoisotopic (exact) mass is 374 g/mol. The lowest BCUT2D eigenvalue weighted by Gasteiger charge is -2.07. The first-order valence-corrected chi connectivity index (χ1v) is 8.15. The second-order valence-corrected chi connectivity index (χ2v) is 5.97. The molecule has 0 aliphatic rings. The van der Waals surface area contributed by atoms with Gasteiger partial charge in [-0.2, -0.15) is 0 Å². The lowest BCUT2D eigenvalue weighted by molar-refractivity contribution is -0.139. The van der Waals surface area contributed by atoms with Gasteiger partial charge in [0.15, 0.2) is 11.6 Å². The van der Waals surface area contributed by atoms with Crippen molar-refractivity contribution < 1.29 is 13.9 Å². The summed E-state index contributed by atoms with van der Waals surface area (Å²) in [7, 11) is 1.32. The van der Waals surface area contributed by atoms with Crippen molar-refractivity contribution in [3.05, 3.63) is 64.8 Å². The zero-order valence-corrected chi connectivity index (χ0v) is 14.9. The topological polar surface area (TPSA) is 69.0 Å². The summed E-state index contributed by atoms with van der Waals surface area (Å²) in [5, 5.41) is 7.33. The highest BCUT2D eigenvalue weighted by Crippen LogP contribution is 2.26. The van der Waals surface area contributed by atoms with Crippen LogP contribution >= 0.6 is 11.6 Å². The number of halogens is 2. The average Bonchev–Trinajstić information content (AvgIpc) is 3.01. The number of carbonyl (C=O) groups excluding carboxylic acids is 1. The molecule has 1 aromatic carbocycles. The number of methoxy groups -OCH3 is 1. The van der Waals surface area contributed by atoms with Crippen LogP contribution in [0.25, 0.3) is 5.69 Å². The van der Waals surface area contributed by atoms with E-state index in [2.05, 4.69) is 15.4 Å². The van der Waals surface area contributed by atoms with Gasteiger partial charge in [0.2, 0.25) is 0 Å². The molecule has 0 fully saturated rings. The lowest BCUT2D eigenvalue weighted by atomic mass is 10.2. The predicted molar refractivity (Wildman–Crippen MR) is 96.5 cm³/mol. The van der Waals surface area contributed by atoms with Gasteiger partial charge in [-0.25, -0.2) is 9.07 Å². The molecule has 0 bridgehead atoms. The largest absolute Gasteiger partial charge is 0.469 e. The standard InChI is InChI=1S/C18H16ClFN4O2/c1-11-8-12(6-7-21-11)24-13(10-17(25)26-2)9-16(23-24)22-15-5-3-4-14(19)18(15)20/h3-9H,10H2,1-2H3,(H,22,23). The molecule has 0 saturated heterocycles. The van der Waals surface area contributed by atoms with Gasteiger partial charge >= 0.3 is 5.97 Å². The third kappa shape index (κ3) is 3.83. The summed E-state index contributed by atoms with van der Waals surface area (Å²) < 4.78 is 20.5. The first kappa shape index (κ1) is 17.9. The Morgan fingerprint density at radius 3 is 2.88 bits per heavy atom. The number of aromatic nitrogens is 3. The van der Waals surface area contributed by atoms with Crippen molar-refractivity contribution in [3.8, 4) is 5.69 Å². The minimum atomic E-state index is -0.571. The zero-order chi connectivity index (χ0) is 18.7. The number of nitrogens with zero attached hydrogens (tertiary/aromatic N) is 3. The number of rotatable bonds is 5. The van der Waals surface area contributed by atoms with Crippen molar-refractivity contribution in [3.63, 3.8) is 0 Å². The molecule has 0 atom stereocenters. The van der Waals surface area contributed by atoms with Gasteiger partial charge < -0.3 is 10.1 Å². The molecule has 2 heterocycles. The third-order valence-electron chi connectivity index (χ3n) is 3.68. The summed E-state index contributed by atoms with van der Waals surface area (Å²) in [5.74, 6) is -0.602. The lowest BCUT2D eigenvalue weighted by Crippen LogP contribution is -2.10. The normalized spacial score (nSPS) is 10.6. The van der Waals surface area contributed by atoms with Gasteiger partial charge in [0.1, 0.15) is 0 Å². The first-order valence-electron chi connectivity index (χ1n) is 7.77. The highest BCUT2D eigenvalue weighted by Gasteiger charge is 2.15. The van der Waals surface area contributed by atoms with Crippen molar-refractivity contribution >= 4 is 29.1 Å². The highest BCUT2D eigenvalue weighted by molar-refractivity contribution is 6.31. The molecule has 26 heavy (non-hydrogen) atoms. The molecule has 0 spiro atoms. The number of hydrogen-bond donors (Lipinski definition) is 1. The van der Waals surface area contributed by atoms with Gasteiger partial charge in [0.05, 0.1) is 35.6 Å². The van der Waals surface area contributed by atoms with Gasteiger partial charge in [0.25, 0.3) is 0 Å².